The SMILES string of the molecule is O=C(N/N=C/c1cnc(Cl)s1)c1ccco1. The first-order valence-electron chi connectivity index (χ1n) is 4.24. The highest BCUT2D eigenvalue weighted by molar-refractivity contribution is 7.17. The molecule has 2 aromatic rings. The van der Waals surface area contributed by atoms with E-state index in [9.17, 15) is 4.79 Å². The Kier molecular flexibility index (Phi) is 3.33. The van der Waals surface area contributed by atoms with E-state index >= 15 is 0 Å². The summed E-state index contributed by atoms with van der Waals surface area (Å²) >= 11 is 6.89. The lowest BCUT2D eigenvalue weighted by Gasteiger charge is -1.93. The third-order valence-corrected chi connectivity index (χ3v) is 2.65. The number of hydrazone groups is 1. The summed E-state index contributed by atoms with van der Waals surface area (Å²) in [5.41, 5.74) is 2.32. The number of rotatable bonds is 3. The molecule has 0 fully saturated rings. The summed E-state index contributed by atoms with van der Waals surface area (Å²) in [5, 5.41) is 3.74. The molecule has 0 radical (unpaired) electrons. The second-order valence-electron chi connectivity index (χ2n) is 2.69. The average Bonchev–Trinajstić information content (AvgIpc) is 2.89. The molecule has 2 aromatic heterocycles. The second kappa shape index (κ2) is 4.91. The van der Waals surface area contributed by atoms with Crippen molar-refractivity contribution < 1.29 is 9.21 Å². The van der Waals surface area contributed by atoms with Crippen molar-refractivity contribution in [2.24, 2.45) is 5.10 Å². The molecule has 5 nitrogen and oxygen atoms in total. The van der Waals surface area contributed by atoms with Crippen LogP contribution in [0.4, 0.5) is 0 Å². The van der Waals surface area contributed by atoms with E-state index in [0.29, 0.717) is 4.47 Å². The van der Waals surface area contributed by atoms with Gasteiger partial charge in [0.15, 0.2) is 10.2 Å². The standard InChI is InChI=1S/C9H6ClN3O2S/c10-9-11-4-6(16-9)5-12-13-8(14)7-2-1-3-15-7/h1-5H,(H,13,14)/b12-5+. The molecular formula is C9H6ClN3O2S. The van der Waals surface area contributed by atoms with Crippen molar-refractivity contribution in [3.63, 3.8) is 0 Å². The maximum absolute atomic E-state index is 11.3. The van der Waals surface area contributed by atoms with Gasteiger partial charge in [-0.15, -0.1) is 11.3 Å². The lowest BCUT2D eigenvalue weighted by molar-refractivity contribution is 0.0927. The minimum atomic E-state index is -0.406. The van der Waals surface area contributed by atoms with Gasteiger partial charge < -0.3 is 4.42 Å². The Morgan fingerprint density at radius 2 is 2.56 bits per heavy atom. The summed E-state index contributed by atoms with van der Waals surface area (Å²) in [6.07, 6.45) is 4.45. The van der Waals surface area contributed by atoms with Crippen molar-refractivity contribution >= 4 is 35.1 Å². The highest BCUT2D eigenvalue weighted by Crippen LogP contribution is 2.15. The molecule has 0 saturated heterocycles. The highest BCUT2D eigenvalue weighted by atomic mass is 35.5. The molecule has 0 spiro atoms. The summed E-state index contributed by atoms with van der Waals surface area (Å²) < 4.78 is 5.31. The first-order valence-corrected chi connectivity index (χ1v) is 5.43. The summed E-state index contributed by atoms with van der Waals surface area (Å²) in [6.45, 7) is 0. The number of aromatic nitrogens is 1. The van der Waals surface area contributed by atoms with Crippen molar-refractivity contribution in [2.75, 3.05) is 0 Å². The predicted molar refractivity (Wildman–Crippen MR) is 60.9 cm³/mol. The molecule has 16 heavy (non-hydrogen) atoms. The lowest BCUT2D eigenvalue weighted by atomic mass is 10.4. The van der Waals surface area contributed by atoms with Crippen LogP contribution in [0.1, 0.15) is 15.4 Å². The number of halogens is 1. The van der Waals surface area contributed by atoms with Gasteiger partial charge in [-0.25, -0.2) is 10.4 Å². The third kappa shape index (κ3) is 2.68. The third-order valence-electron chi connectivity index (χ3n) is 1.60. The fourth-order valence-corrected chi connectivity index (χ4v) is 1.77. The van der Waals surface area contributed by atoms with Crippen LogP contribution in [0.25, 0.3) is 0 Å². The van der Waals surface area contributed by atoms with E-state index in [1.165, 1.54) is 23.8 Å². The smallest absolute Gasteiger partial charge is 0.307 e. The Hall–Kier alpha value is -1.66. The number of furan rings is 1. The zero-order valence-corrected chi connectivity index (χ0v) is 9.46. The minimum absolute atomic E-state index is 0.208. The number of hydrogen-bond donors (Lipinski definition) is 1. The molecule has 0 aliphatic heterocycles. The van der Waals surface area contributed by atoms with Gasteiger partial charge in [-0.3, -0.25) is 4.79 Å². The Bertz CT molecular complexity index is 507. The van der Waals surface area contributed by atoms with Crippen LogP contribution in [0.2, 0.25) is 4.47 Å². The van der Waals surface area contributed by atoms with Crippen LogP contribution < -0.4 is 5.43 Å². The first kappa shape index (κ1) is 10.8. The van der Waals surface area contributed by atoms with Crippen molar-refractivity contribution in [1.29, 1.82) is 0 Å². The molecular weight excluding hydrogens is 250 g/mol. The van der Waals surface area contributed by atoms with E-state index in [-0.39, 0.29) is 5.76 Å². The molecule has 0 aromatic carbocycles. The second-order valence-corrected chi connectivity index (χ2v) is 4.34. The molecule has 0 bridgehead atoms. The summed E-state index contributed by atoms with van der Waals surface area (Å²) in [6, 6.07) is 3.18. The molecule has 0 unspecified atom stereocenters. The van der Waals surface area contributed by atoms with E-state index < -0.39 is 5.91 Å². The Labute approximate surface area is 99.8 Å². The molecule has 1 amide bonds. The Morgan fingerprint density at radius 1 is 1.69 bits per heavy atom. The number of carbonyl (C=O) groups excluding carboxylic acids is 1. The molecule has 2 heterocycles. The maximum Gasteiger partial charge on any atom is 0.307 e. The highest BCUT2D eigenvalue weighted by Gasteiger charge is 2.05. The number of hydrogen-bond acceptors (Lipinski definition) is 5. The van der Waals surface area contributed by atoms with Crippen molar-refractivity contribution in [3.05, 3.63) is 39.7 Å². The van der Waals surface area contributed by atoms with Crippen LogP contribution in [0.3, 0.4) is 0 Å². The van der Waals surface area contributed by atoms with Crippen molar-refractivity contribution in [3.8, 4) is 0 Å². The number of thiazole rings is 1. The van der Waals surface area contributed by atoms with E-state index in [0.717, 1.165) is 4.88 Å². The molecule has 1 N–H and O–H groups in total. The molecule has 0 aliphatic carbocycles. The van der Waals surface area contributed by atoms with E-state index in [2.05, 4.69) is 15.5 Å². The van der Waals surface area contributed by atoms with Crippen molar-refractivity contribution in [2.45, 2.75) is 0 Å². The fourth-order valence-electron chi connectivity index (χ4n) is 0.941. The number of nitrogens with zero attached hydrogens (tertiary/aromatic N) is 2. The molecule has 0 aliphatic rings. The van der Waals surface area contributed by atoms with Gasteiger partial charge in [-0.1, -0.05) is 11.6 Å². The quantitative estimate of drug-likeness (QED) is 0.675. The van der Waals surface area contributed by atoms with Crippen LogP contribution in [-0.4, -0.2) is 17.1 Å². The average molecular weight is 256 g/mol. The van der Waals surface area contributed by atoms with Gasteiger partial charge in [-0.05, 0) is 12.1 Å². The van der Waals surface area contributed by atoms with Crippen LogP contribution in [0.15, 0.2) is 34.1 Å². The first-order chi connectivity index (χ1) is 7.75. The molecule has 0 atom stereocenters. The Balaban J connectivity index is 1.93. The molecule has 7 heteroatoms. The van der Waals surface area contributed by atoms with Gasteiger partial charge in [0.05, 0.1) is 17.4 Å². The molecule has 2 rings (SSSR count). The summed E-state index contributed by atoms with van der Waals surface area (Å²) in [5.74, 6) is -0.198. The number of amides is 1. The molecule has 82 valence electrons. The lowest BCUT2D eigenvalue weighted by Crippen LogP contribution is -2.16. The zero-order valence-electron chi connectivity index (χ0n) is 7.88. The van der Waals surface area contributed by atoms with Gasteiger partial charge >= 0.3 is 5.91 Å². The topological polar surface area (TPSA) is 67.5 Å². The normalized spacial score (nSPS) is 10.8. The molecule has 0 saturated carbocycles. The van der Waals surface area contributed by atoms with Crippen LogP contribution in [0, 0.1) is 0 Å². The van der Waals surface area contributed by atoms with Gasteiger partial charge in [0.2, 0.25) is 0 Å². The van der Waals surface area contributed by atoms with E-state index in [1.54, 1.807) is 18.3 Å². The summed E-state index contributed by atoms with van der Waals surface area (Å²) in [4.78, 5) is 15.9. The fraction of sp³-hybridized carbons (Fsp3) is 0. The van der Waals surface area contributed by atoms with Gasteiger partial charge in [-0.2, -0.15) is 5.10 Å². The van der Waals surface area contributed by atoms with Gasteiger partial charge in [0.25, 0.3) is 0 Å². The Morgan fingerprint density at radius 3 is 3.19 bits per heavy atom. The largest absolute Gasteiger partial charge is 0.459 e. The van der Waals surface area contributed by atoms with Gasteiger partial charge in [0.1, 0.15) is 0 Å². The van der Waals surface area contributed by atoms with Gasteiger partial charge in [0, 0.05) is 6.20 Å². The minimum Gasteiger partial charge on any atom is -0.459 e. The van der Waals surface area contributed by atoms with Crippen molar-refractivity contribution in [1.82, 2.24) is 10.4 Å². The zero-order chi connectivity index (χ0) is 11.4. The van der Waals surface area contributed by atoms with Crippen LogP contribution in [-0.2, 0) is 0 Å². The monoisotopic (exact) mass is 255 g/mol. The van der Waals surface area contributed by atoms with Crippen LogP contribution in [0.5, 0.6) is 0 Å². The van der Waals surface area contributed by atoms with E-state index in [1.807, 2.05) is 0 Å². The van der Waals surface area contributed by atoms with E-state index in [4.69, 9.17) is 16.0 Å². The summed E-state index contributed by atoms with van der Waals surface area (Å²) in [7, 11) is 0. The number of carbonyl (C=O) groups is 1. The number of nitrogens with one attached hydrogen (secondary N) is 1. The maximum atomic E-state index is 11.3. The van der Waals surface area contributed by atoms with Crippen LogP contribution >= 0.6 is 22.9 Å². The predicted octanol–water partition coefficient (Wildman–Crippen LogP) is 2.15.